The first-order valence-corrected chi connectivity index (χ1v) is 15.4. The second kappa shape index (κ2) is 12.4. The zero-order valence-electron chi connectivity index (χ0n) is 26.8. The van der Waals surface area contributed by atoms with E-state index in [0.717, 1.165) is 66.7 Å². The van der Waals surface area contributed by atoms with Gasteiger partial charge in [-0.1, -0.05) is 25.1 Å². The van der Waals surface area contributed by atoms with Crippen molar-refractivity contribution in [3.8, 4) is 28.3 Å². The Morgan fingerprint density at radius 1 is 0.952 bits per heavy atom. The minimum atomic E-state index is 0.0596. The lowest BCUT2D eigenvalue weighted by atomic mass is 9.88. The number of hydrogen-bond donors (Lipinski definition) is 1. The van der Waals surface area contributed by atoms with Crippen LogP contribution in [0, 0.1) is 6.92 Å². The maximum atomic E-state index is 11.3. The van der Waals surface area contributed by atoms with Crippen molar-refractivity contribution in [1.29, 1.82) is 0 Å². The first kappa shape index (κ1) is 30.1. The number of nitrogens with zero attached hydrogens (tertiary/aromatic N) is 6. The van der Waals surface area contributed by atoms with Gasteiger partial charge in [0.2, 0.25) is 0 Å². The van der Waals surface area contributed by atoms with E-state index >= 15 is 0 Å². The molecule has 4 aromatic rings. The molecule has 0 fully saturated rings. The molecule has 42 heavy (non-hydrogen) atoms. The van der Waals surface area contributed by atoms with E-state index in [1.165, 1.54) is 46.5 Å². The maximum absolute atomic E-state index is 11.3. The molecule has 0 amide bonds. The average molecular weight is 569 g/mol. The smallest absolute Gasteiger partial charge is 0.119 e. The third-order valence-corrected chi connectivity index (χ3v) is 8.96. The van der Waals surface area contributed by atoms with Crippen molar-refractivity contribution in [1.82, 2.24) is 29.4 Å². The lowest BCUT2D eigenvalue weighted by Crippen LogP contribution is -2.23. The van der Waals surface area contributed by atoms with Gasteiger partial charge in [-0.05, 0) is 115 Å². The van der Waals surface area contributed by atoms with Gasteiger partial charge in [0.15, 0.2) is 0 Å². The number of phenols is 1. The summed E-state index contributed by atoms with van der Waals surface area (Å²) in [6, 6.07) is 13.3. The molecule has 7 heteroatoms. The van der Waals surface area contributed by atoms with Crippen LogP contribution >= 0.6 is 0 Å². The summed E-state index contributed by atoms with van der Waals surface area (Å²) in [4.78, 5) is 4.44. The standard InChI is InChI=1S/C35H48N6O/c1-9-27-23(2)36-41(8)35(27)30-21-25(17-18-38(3)4)33(42)22-29(30)32(39(5)6)20-24-13-12-14-26(19-24)34-28-15-10-11-16-31(28)37-40(34)7/h12-14,19,21-22,32,42H,9-11,15-18,20H2,1-8H3. The Morgan fingerprint density at radius 3 is 2.40 bits per heavy atom. The average Bonchev–Trinajstić information content (AvgIpc) is 3.44. The van der Waals surface area contributed by atoms with Crippen LogP contribution in [0.5, 0.6) is 5.75 Å². The van der Waals surface area contributed by atoms with Gasteiger partial charge in [-0.3, -0.25) is 9.36 Å². The predicted octanol–water partition coefficient (Wildman–Crippen LogP) is 5.89. The lowest BCUT2D eigenvalue weighted by Gasteiger charge is -2.29. The molecule has 0 radical (unpaired) electrons. The van der Waals surface area contributed by atoms with E-state index in [1.807, 2.05) is 17.8 Å². The van der Waals surface area contributed by atoms with E-state index in [-0.39, 0.29) is 6.04 Å². The molecule has 5 rings (SSSR count). The van der Waals surface area contributed by atoms with Gasteiger partial charge >= 0.3 is 0 Å². The van der Waals surface area contributed by atoms with Gasteiger partial charge in [0.25, 0.3) is 0 Å². The minimum Gasteiger partial charge on any atom is -0.508 e. The van der Waals surface area contributed by atoms with Crippen LogP contribution in [0.25, 0.3) is 22.5 Å². The van der Waals surface area contributed by atoms with Crippen LogP contribution in [-0.2, 0) is 46.2 Å². The Hall–Kier alpha value is -3.42. The predicted molar refractivity (Wildman–Crippen MR) is 172 cm³/mol. The first-order valence-electron chi connectivity index (χ1n) is 15.4. The molecule has 0 saturated carbocycles. The lowest BCUT2D eigenvalue weighted by molar-refractivity contribution is 0.297. The second-order valence-corrected chi connectivity index (χ2v) is 12.5. The highest BCUT2D eigenvalue weighted by molar-refractivity contribution is 5.72. The van der Waals surface area contributed by atoms with Crippen LogP contribution < -0.4 is 0 Å². The molecule has 1 atom stereocenters. The van der Waals surface area contributed by atoms with Gasteiger partial charge in [0.05, 0.1) is 22.8 Å². The molecule has 1 unspecified atom stereocenters. The molecule has 1 N–H and O–H groups in total. The number of hydrogen-bond acceptors (Lipinski definition) is 5. The molecule has 0 aliphatic heterocycles. The Bertz CT molecular complexity index is 1560. The van der Waals surface area contributed by atoms with Gasteiger partial charge in [0.1, 0.15) is 5.75 Å². The molecular formula is C35H48N6O. The molecule has 224 valence electrons. The van der Waals surface area contributed by atoms with E-state index in [9.17, 15) is 5.11 Å². The van der Waals surface area contributed by atoms with Crippen molar-refractivity contribution >= 4 is 0 Å². The van der Waals surface area contributed by atoms with Crippen LogP contribution in [0.15, 0.2) is 36.4 Å². The molecule has 1 aliphatic carbocycles. The number of fused-ring (bicyclic) bond motifs is 1. The number of aromatic nitrogens is 4. The number of rotatable bonds is 10. The van der Waals surface area contributed by atoms with Gasteiger partial charge in [-0.15, -0.1) is 0 Å². The first-order chi connectivity index (χ1) is 20.1. The van der Waals surface area contributed by atoms with Crippen molar-refractivity contribution in [2.75, 3.05) is 34.7 Å². The summed E-state index contributed by atoms with van der Waals surface area (Å²) < 4.78 is 4.11. The topological polar surface area (TPSA) is 62.4 Å². The van der Waals surface area contributed by atoms with E-state index < -0.39 is 0 Å². The number of aryl methyl sites for hydroxylation is 4. The summed E-state index contributed by atoms with van der Waals surface area (Å²) >= 11 is 0. The second-order valence-electron chi connectivity index (χ2n) is 12.5. The summed E-state index contributed by atoms with van der Waals surface area (Å²) in [5.74, 6) is 0.370. The summed E-state index contributed by atoms with van der Waals surface area (Å²) in [7, 11) is 12.6. The fraction of sp³-hybridized carbons (Fsp3) is 0.486. The van der Waals surface area contributed by atoms with Crippen LogP contribution in [0.3, 0.4) is 0 Å². The zero-order chi connectivity index (χ0) is 30.1. The van der Waals surface area contributed by atoms with Crippen LogP contribution in [0.4, 0.5) is 0 Å². The number of benzene rings is 2. The van der Waals surface area contributed by atoms with Crippen molar-refractivity contribution in [2.45, 2.75) is 64.8 Å². The zero-order valence-corrected chi connectivity index (χ0v) is 26.8. The minimum absolute atomic E-state index is 0.0596. The molecule has 2 heterocycles. The largest absolute Gasteiger partial charge is 0.508 e. The van der Waals surface area contributed by atoms with Gasteiger partial charge in [0, 0.05) is 48.9 Å². The number of likely N-dealkylation sites (N-methyl/N-ethyl adjacent to an activating group) is 2. The van der Waals surface area contributed by atoms with Crippen molar-refractivity contribution in [2.24, 2.45) is 14.1 Å². The van der Waals surface area contributed by atoms with E-state index in [2.05, 4.69) is 93.9 Å². The summed E-state index contributed by atoms with van der Waals surface area (Å²) in [6.07, 6.45) is 7.17. The van der Waals surface area contributed by atoms with E-state index in [1.54, 1.807) is 0 Å². The molecule has 2 aromatic heterocycles. The van der Waals surface area contributed by atoms with Crippen molar-refractivity contribution in [3.05, 3.63) is 75.6 Å². The SMILES string of the molecule is CCc1c(C)nn(C)c1-c1cc(CCN(C)C)c(O)cc1C(Cc1cccc(-c2c3c(nn2C)CCCC3)c1)N(C)C. The molecule has 0 saturated heterocycles. The highest BCUT2D eigenvalue weighted by Gasteiger charge is 2.26. The van der Waals surface area contributed by atoms with E-state index in [0.29, 0.717) is 5.75 Å². The number of aromatic hydroxyl groups is 1. The van der Waals surface area contributed by atoms with Crippen molar-refractivity contribution in [3.63, 3.8) is 0 Å². The maximum Gasteiger partial charge on any atom is 0.119 e. The monoisotopic (exact) mass is 568 g/mol. The third-order valence-electron chi connectivity index (χ3n) is 8.96. The van der Waals surface area contributed by atoms with Crippen LogP contribution in [0.2, 0.25) is 0 Å². The molecule has 2 aromatic carbocycles. The summed E-state index contributed by atoms with van der Waals surface area (Å²) in [5, 5.41) is 21.0. The van der Waals surface area contributed by atoms with Crippen molar-refractivity contribution < 1.29 is 5.11 Å². The fourth-order valence-electron chi connectivity index (χ4n) is 6.82. The fourth-order valence-corrected chi connectivity index (χ4v) is 6.82. The Kier molecular flexibility index (Phi) is 8.90. The quantitative estimate of drug-likeness (QED) is 0.258. The molecule has 0 bridgehead atoms. The normalized spacial score (nSPS) is 14.1. The third kappa shape index (κ3) is 5.90. The van der Waals surface area contributed by atoms with Gasteiger partial charge in [-0.25, -0.2) is 0 Å². The summed E-state index contributed by atoms with van der Waals surface area (Å²) in [6.45, 7) is 5.17. The Labute approximate surface area is 251 Å². The molecule has 7 nitrogen and oxygen atoms in total. The summed E-state index contributed by atoms with van der Waals surface area (Å²) in [5.41, 5.74) is 13.2. The molecular weight excluding hydrogens is 520 g/mol. The van der Waals surface area contributed by atoms with Gasteiger partial charge in [-0.2, -0.15) is 10.2 Å². The Balaban J connectivity index is 1.59. The Morgan fingerprint density at radius 2 is 1.69 bits per heavy atom. The van der Waals surface area contributed by atoms with E-state index in [4.69, 9.17) is 10.2 Å². The van der Waals surface area contributed by atoms with Crippen LogP contribution in [0.1, 0.15) is 65.0 Å². The van der Waals surface area contributed by atoms with Crippen LogP contribution in [-0.4, -0.2) is 69.2 Å². The highest BCUT2D eigenvalue weighted by Crippen LogP contribution is 2.40. The molecule has 1 aliphatic rings. The van der Waals surface area contributed by atoms with Gasteiger partial charge < -0.3 is 14.9 Å². The molecule has 0 spiro atoms. The number of phenolic OH excluding ortho intramolecular Hbond substituents is 1. The highest BCUT2D eigenvalue weighted by atomic mass is 16.3.